The van der Waals surface area contributed by atoms with E-state index in [2.05, 4.69) is 10.1 Å². The van der Waals surface area contributed by atoms with Gasteiger partial charge in [0, 0.05) is 10.6 Å². The first-order valence-corrected chi connectivity index (χ1v) is 8.02. The van der Waals surface area contributed by atoms with E-state index in [9.17, 15) is 18.4 Å². The van der Waals surface area contributed by atoms with Crippen LogP contribution in [0.1, 0.15) is 10.4 Å². The van der Waals surface area contributed by atoms with Crippen LogP contribution in [0.4, 0.5) is 14.5 Å². The van der Waals surface area contributed by atoms with Crippen molar-refractivity contribution in [3.8, 4) is 5.75 Å². The number of hydrogen-bond acceptors (Lipinski definition) is 5. The molecule has 2 aromatic carbocycles. The molecule has 0 radical (unpaired) electrons. The maximum atomic E-state index is 12.2. The van der Waals surface area contributed by atoms with Gasteiger partial charge in [-0.1, -0.05) is 11.8 Å². The minimum atomic E-state index is -2.49. The summed E-state index contributed by atoms with van der Waals surface area (Å²) in [5, 5.41) is 2.60. The fourth-order valence-electron chi connectivity index (χ4n) is 1.87. The molecule has 0 aliphatic rings. The van der Waals surface area contributed by atoms with Crippen molar-refractivity contribution < 1.29 is 27.8 Å². The van der Waals surface area contributed by atoms with Gasteiger partial charge in [-0.2, -0.15) is 8.78 Å². The quantitative estimate of drug-likeness (QED) is 0.596. The average molecular weight is 367 g/mol. The molecule has 5 nitrogen and oxygen atoms in total. The Balaban J connectivity index is 1.83. The summed E-state index contributed by atoms with van der Waals surface area (Å²) in [5.41, 5.74) is 0.856. The Morgan fingerprint density at radius 3 is 2.28 bits per heavy atom. The molecule has 1 amide bonds. The summed E-state index contributed by atoms with van der Waals surface area (Å²) >= 11 is 0.435. The van der Waals surface area contributed by atoms with Crippen molar-refractivity contribution in [2.24, 2.45) is 0 Å². The number of halogens is 2. The molecule has 2 rings (SSSR count). The Kier molecular flexibility index (Phi) is 6.76. The Morgan fingerprint density at radius 2 is 1.72 bits per heavy atom. The van der Waals surface area contributed by atoms with Crippen LogP contribution in [0.5, 0.6) is 5.75 Å². The minimum absolute atomic E-state index is 0.231. The molecule has 0 spiro atoms. The third kappa shape index (κ3) is 6.07. The Hall–Kier alpha value is -2.61. The number of nitrogens with one attached hydrogen (secondary N) is 1. The van der Waals surface area contributed by atoms with Crippen LogP contribution < -0.4 is 10.1 Å². The number of anilines is 1. The number of rotatable bonds is 7. The molecule has 0 aromatic heterocycles. The maximum Gasteiger partial charge on any atom is 0.337 e. The van der Waals surface area contributed by atoms with Crippen molar-refractivity contribution in [2.75, 3.05) is 19.0 Å². The van der Waals surface area contributed by atoms with E-state index in [4.69, 9.17) is 4.74 Å². The smallest absolute Gasteiger partial charge is 0.337 e. The van der Waals surface area contributed by atoms with Gasteiger partial charge in [0.1, 0.15) is 5.75 Å². The number of hydrogen-bond donors (Lipinski definition) is 1. The van der Waals surface area contributed by atoms with E-state index in [0.29, 0.717) is 33.7 Å². The topological polar surface area (TPSA) is 64.6 Å². The lowest BCUT2D eigenvalue weighted by atomic mass is 10.2. The molecule has 0 heterocycles. The van der Waals surface area contributed by atoms with Crippen LogP contribution in [0.15, 0.2) is 53.4 Å². The van der Waals surface area contributed by atoms with Crippen molar-refractivity contribution in [3.63, 3.8) is 0 Å². The van der Waals surface area contributed by atoms with Crippen LogP contribution in [-0.4, -0.2) is 31.4 Å². The zero-order valence-corrected chi connectivity index (χ0v) is 14.0. The monoisotopic (exact) mass is 367 g/mol. The van der Waals surface area contributed by atoms with Crippen LogP contribution in [0.3, 0.4) is 0 Å². The Morgan fingerprint density at radius 1 is 1.08 bits per heavy atom. The highest BCUT2D eigenvalue weighted by molar-refractivity contribution is 7.99. The zero-order valence-electron chi connectivity index (χ0n) is 13.2. The van der Waals surface area contributed by atoms with E-state index >= 15 is 0 Å². The van der Waals surface area contributed by atoms with Gasteiger partial charge in [-0.3, -0.25) is 4.79 Å². The number of thioether (sulfide) groups is 1. The highest BCUT2D eigenvalue weighted by Gasteiger charge is 2.08. The second-order valence-electron chi connectivity index (χ2n) is 4.76. The minimum Gasteiger partial charge on any atom is -0.484 e. The molecule has 8 heteroatoms. The number of carbonyl (C=O) groups excluding carboxylic acids is 2. The number of alkyl halides is 2. The van der Waals surface area contributed by atoms with Crippen LogP contribution in [-0.2, 0) is 9.53 Å². The lowest BCUT2D eigenvalue weighted by molar-refractivity contribution is -0.118. The fraction of sp³-hybridized carbons (Fsp3) is 0.176. The van der Waals surface area contributed by atoms with Crippen LogP contribution in [0.25, 0.3) is 0 Å². The Bertz CT molecular complexity index is 720. The van der Waals surface area contributed by atoms with Gasteiger partial charge in [-0.05, 0) is 48.5 Å². The van der Waals surface area contributed by atoms with Gasteiger partial charge in [-0.15, -0.1) is 0 Å². The molecule has 0 saturated carbocycles. The molecule has 0 atom stereocenters. The first kappa shape index (κ1) is 18.7. The van der Waals surface area contributed by atoms with Crippen LogP contribution in [0, 0.1) is 0 Å². The number of carbonyl (C=O) groups is 2. The van der Waals surface area contributed by atoms with Gasteiger partial charge < -0.3 is 14.8 Å². The van der Waals surface area contributed by atoms with E-state index in [1.165, 1.54) is 43.5 Å². The predicted octanol–water partition coefficient (Wildman–Crippen LogP) is 3.81. The second-order valence-corrected chi connectivity index (χ2v) is 5.82. The first-order chi connectivity index (χ1) is 12.0. The maximum absolute atomic E-state index is 12.2. The van der Waals surface area contributed by atoms with E-state index in [0.717, 1.165) is 0 Å². The summed E-state index contributed by atoms with van der Waals surface area (Å²) in [7, 11) is 1.29. The van der Waals surface area contributed by atoms with Gasteiger partial charge in [0.2, 0.25) is 0 Å². The number of esters is 1. The number of benzene rings is 2. The molecule has 0 aliphatic carbocycles. The number of amides is 1. The highest BCUT2D eigenvalue weighted by Crippen LogP contribution is 2.26. The third-order valence-corrected chi connectivity index (χ3v) is 3.73. The van der Waals surface area contributed by atoms with Crippen molar-refractivity contribution >= 4 is 29.3 Å². The fourth-order valence-corrected chi connectivity index (χ4v) is 2.37. The molecule has 0 saturated heterocycles. The molecule has 0 fully saturated rings. The lowest BCUT2D eigenvalue weighted by Gasteiger charge is -2.08. The second kappa shape index (κ2) is 9.03. The van der Waals surface area contributed by atoms with Crippen molar-refractivity contribution in [2.45, 2.75) is 10.7 Å². The summed E-state index contributed by atoms with van der Waals surface area (Å²) in [4.78, 5) is 23.6. The van der Waals surface area contributed by atoms with E-state index in [1.54, 1.807) is 12.1 Å². The van der Waals surface area contributed by atoms with Gasteiger partial charge in [0.25, 0.3) is 11.7 Å². The lowest BCUT2D eigenvalue weighted by Crippen LogP contribution is -2.20. The standard InChI is InChI=1S/C17H15F2NO4S/c1-23-16(22)11-2-6-13(7-3-11)24-10-15(21)20-12-4-8-14(9-5-12)25-17(18)19/h2-9,17H,10H2,1H3,(H,20,21). The molecule has 0 aliphatic heterocycles. The first-order valence-electron chi connectivity index (χ1n) is 7.14. The SMILES string of the molecule is COC(=O)c1ccc(OCC(=O)Nc2ccc(SC(F)F)cc2)cc1. The highest BCUT2D eigenvalue weighted by atomic mass is 32.2. The molecule has 0 unspecified atom stereocenters. The summed E-state index contributed by atoms with van der Waals surface area (Å²) in [5.74, 6) is -2.92. The number of methoxy groups -OCH3 is 1. The van der Waals surface area contributed by atoms with E-state index < -0.39 is 17.6 Å². The largest absolute Gasteiger partial charge is 0.484 e. The van der Waals surface area contributed by atoms with Crippen LogP contribution in [0.2, 0.25) is 0 Å². The van der Waals surface area contributed by atoms with Crippen LogP contribution >= 0.6 is 11.8 Å². The summed E-state index contributed by atoms with van der Waals surface area (Å²) < 4.78 is 34.4. The molecule has 1 N–H and O–H groups in total. The third-order valence-electron chi connectivity index (χ3n) is 3.01. The normalized spacial score (nSPS) is 10.4. The van der Waals surface area contributed by atoms with Gasteiger partial charge in [0.05, 0.1) is 12.7 Å². The van der Waals surface area contributed by atoms with Crippen molar-refractivity contribution in [1.82, 2.24) is 0 Å². The van der Waals surface area contributed by atoms with Crippen molar-refractivity contribution in [3.05, 3.63) is 54.1 Å². The van der Waals surface area contributed by atoms with Crippen molar-refractivity contribution in [1.29, 1.82) is 0 Å². The number of ether oxygens (including phenoxy) is 2. The predicted molar refractivity (Wildman–Crippen MR) is 90.2 cm³/mol. The van der Waals surface area contributed by atoms with Gasteiger partial charge in [-0.25, -0.2) is 4.79 Å². The molecule has 0 bridgehead atoms. The van der Waals surface area contributed by atoms with Gasteiger partial charge in [0.15, 0.2) is 6.61 Å². The van der Waals surface area contributed by atoms with E-state index in [-0.39, 0.29) is 6.61 Å². The Labute approximate surface area is 147 Å². The zero-order chi connectivity index (χ0) is 18.2. The average Bonchev–Trinajstić information content (AvgIpc) is 2.61. The molecule has 2 aromatic rings. The summed E-state index contributed by atoms with van der Waals surface area (Å²) in [6, 6.07) is 12.2. The molecule has 25 heavy (non-hydrogen) atoms. The molecular weight excluding hydrogens is 352 g/mol. The van der Waals surface area contributed by atoms with E-state index in [1.807, 2.05) is 0 Å². The summed E-state index contributed by atoms with van der Waals surface area (Å²) in [6.07, 6.45) is 0. The molecular formula is C17H15F2NO4S. The van der Waals surface area contributed by atoms with Gasteiger partial charge >= 0.3 is 5.97 Å². The molecule has 132 valence electrons. The summed E-state index contributed by atoms with van der Waals surface area (Å²) in [6.45, 7) is -0.231.